The van der Waals surface area contributed by atoms with Crippen molar-refractivity contribution in [3.05, 3.63) is 29.8 Å². The second-order valence-electron chi connectivity index (χ2n) is 4.05. The fourth-order valence-electron chi connectivity index (χ4n) is 1.80. The Hall–Kier alpha value is -1.06. The Kier molecular flexibility index (Phi) is 5.29. The second-order valence-corrected chi connectivity index (χ2v) is 4.05. The van der Waals surface area contributed by atoms with Gasteiger partial charge in [-0.2, -0.15) is 0 Å². The zero-order valence-corrected chi connectivity index (χ0v) is 10.1. The summed E-state index contributed by atoms with van der Waals surface area (Å²) in [7, 11) is 3.29. The molecular formula is C13H20O3. The summed E-state index contributed by atoms with van der Waals surface area (Å²) in [6, 6.07) is 7.55. The summed E-state index contributed by atoms with van der Waals surface area (Å²) in [6.07, 6.45) is 0.176. The second kappa shape index (κ2) is 6.51. The predicted molar refractivity (Wildman–Crippen MR) is 63.6 cm³/mol. The molecule has 0 saturated heterocycles. The van der Waals surface area contributed by atoms with Crippen molar-refractivity contribution in [3.63, 3.8) is 0 Å². The van der Waals surface area contributed by atoms with Crippen molar-refractivity contribution < 1.29 is 14.6 Å². The average Bonchev–Trinajstić information content (AvgIpc) is 2.29. The monoisotopic (exact) mass is 224 g/mol. The van der Waals surface area contributed by atoms with Crippen LogP contribution in [0.5, 0.6) is 5.75 Å². The van der Waals surface area contributed by atoms with Crippen molar-refractivity contribution in [2.45, 2.75) is 19.4 Å². The lowest BCUT2D eigenvalue weighted by Crippen LogP contribution is -2.10. The van der Waals surface area contributed by atoms with Gasteiger partial charge in [0.2, 0.25) is 0 Å². The minimum atomic E-state index is -0.499. The largest absolute Gasteiger partial charge is 0.496 e. The van der Waals surface area contributed by atoms with E-state index in [0.717, 1.165) is 11.3 Å². The molecule has 0 heterocycles. The molecule has 0 bridgehead atoms. The van der Waals surface area contributed by atoms with Crippen LogP contribution >= 0.6 is 0 Å². The van der Waals surface area contributed by atoms with Crippen LogP contribution < -0.4 is 4.74 Å². The summed E-state index contributed by atoms with van der Waals surface area (Å²) >= 11 is 0. The highest BCUT2D eigenvalue weighted by Crippen LogP contribution is 2.28. The van der Waals surface area contributed by atoms with E-state index in [0.29, 0.717) is 18.9 Å². The van der Waals surface area contributed by atoms with Gasteiger partial charge < -0.3 is 14.6 Å². The SMILES string of the molecule is COCC(C)CC(O)c1ccccc1OC. The molecule has 3 heteroatoms. The third-order valence-electron chi connectivity index (χ3n) is 2.57. The van der Waals surface area contributed by atoms with Crippen LogP contribution in [-0.2, 0) is 4.74 Å². The fourth-order valence-corrected chi connectivity index (χ4v) is 1.80. The van der Waals surface area contributed by atoms with E-state index in [2.05, 4.69) is 6.92 Å². The van der Waals surface area contributed by atoms with Crippen molar-refractivity contribution in [1.29, 1.82) is 0 Å². The zero-order chi connectivity index (χ0) is 12.0. The molecular weight excluding hydrogens is 204 g/mol. The minimum Gasteiger partial charge on any atom is -0.496 e. The minimum absolute atomic E-state index is 0.324. The molecule has 0 spiro atoms. The molecule has 90 valence electrons. The number of rotatable bonds is 6. The van der Waals surface area contributed by atoms with E-state index in [9.17, 15) is 5.11 Å². The Bertz CT molecular complexity index is 312. The normalized spacial score (nSPS) is 14.5. The van der Waals surface area contributed by atoms with Gasteiger partial charge in [-0.3, -0.25) is 0 Å². The molecule has 0 amide bonds. The topological polar surface area (TPSA) is 38.7 Å². The number of benzene rings is 1. The van der Waals surface area contributed by atoms with E-state index in [1.807, 2.05) is 24.3 Å². The van der Waals surface area contributed by atoms with Gasteiger partial charge in [-0.25, -0.2) is 0 Å². The highest BCUT2D eigenvalue weighted by molar-refractivity contribution is 5.34. The van der Waals surface area contributed by atoms with Crippen molar-refractivity contribution >= 4 is 0 Å². The van der Waals surface area contributed by atoms with E-state index < -0.39 is 6.10 Å². The van der Waals surface area contributed by atoms with Gasteiger partial charge >= 0.3 is 0 Å². The molecule has 1 N–H and O–H groups in total. The van der Waals surface area contributed by atoms with Crippen molar-refractivity contribution in [1.82, 2.24) is 0 Å². The first-order valence-corrected chi connectivity index (χ1v) is 5.49. The van der Waals surface area contributed by atoms with E-state index in [1.54, 1.807) is 14.2 Å². The number of hydrogen-bond donors (Lipinski definition) is 1. The zero-order valence-electron chi connectivity index (χ0n) is 10.1. The van der Waals surface area contributed by atoms with Gasteiger partial charge in [0.1, 0.15) is 5.75 Å². The summed E-state index contributed by atoms with van der Waals surface area (Å²) < 4.78 is 10.3. The van der Waals surface area contributed by atoms with Crippen LogP contribution in [-0.4, -0.2) is 25.9 Å². The van der Waals surface area contributed by atoms with Crippen molar-refractivity contribution in [3.8, 4) is 5.75 Å². The maximum Gasteiger partial charge on any atom is 0.124 e. The fraction of sp³-hybridized carbons (Fsp3) is 0.538. The Balaban J connectivity index is 2.68. The molecule has 1 aromatic carbocycles. The van der Waals surface area contributed by atoms with Crippen LogP contribution in [0.2, 0.25) is 0 Å². The number of methoxy groups -OCH3 is 2. The molecule has 0 aliphatic heterocycles. The maximum atomic E-state index is 10.1. The van der Waals surface area contributed by atoms with E-state index >= 15 is 0 Å². The number of aliphatic hydroxyl groups excluding tert-OH is 1. The van der Waals surface area contributed by atoms with Crippen LogP contribution in [0.15, 0.2) is 24.3 Å². The molecule has 3 nitrogen and oxygen atoms in total. The highest BCUT2D eigenvalue weighted by atomic mass is 16.5. The number of aliphatic hydroxyl groups is 1. The first-order chi connectivity index (χ1) is 7.69. The molecule has 0 fully saturated rings. The van der Waals surface area contributed by atoms with Gasteiger partial charge in [0.25, 0.3) is 0 Å². The number of hydrogen-bond acceptors (Lipinski definition) is 3. The lowest BCUT2D eigenvalue weighted by atomic mass is 9.98. The summed E-state index contributed by atoms with van der Waals surface area (Å²) in [4.78, 5) is 0. The van der Waals surface area contributed by atoms with Crippen LogP contribution in [0, 0.1) is 5.92 Å². The van der Waals surface area contributed by atoms with Gasteiger partial charge in [-0.1, -0.05) is 25.1 Å². The lowest BCUT2D eigenvalue weighted by molar-refractivity contribution is 0.100. The van der Waals surface area contributed by atoms with E-state index in [4.69, 9.17) is 9.47 Å². The summed E-state index contributed by atoms with van der Waals surface area (Å²) in [6.45, 7) is 2.72. The van der Waals surface area contributed by atoms with E-state index in [-0.39, 0.29) is 0 Å². The predicted octanol–water partition coefficient (Wildman–Crippen LogP) is 2.40. The van der Waals surface area contributed by atoms with Crippen LogP contribution in [0.3, 0.4) is 0 Å². The van der Waals surface area contributed by atoms with Crippen LogP contribution in [0.4, 0.5) is 0 Å². The molecule has 0 aliphatic rings. The molecule has 0 radical (unpaired) electrons. The molecule has 16 heavy (non-hydrogen) atoms. The Morgan fingerprint density at radius 3 is 2.56 bits per heavy atom. The van der Waals surface area contributed by atoms with Gasteiger partial charge in [-0.15, -0.1) is 0 Å². The van der Waals surface area contributed by atoms with Crippen molar-refractivity contribution in [2.75, 3.05) is 20.8 Å². The van der Waals surface area contributed by atoms with Crippen LogP contribution in [0.1, 0.15) is 25.0 Å². The van der Waals surface area contributed by atoms with E-state index in [1.165, 1.54) is 0 Å². The summed E-state index contributed by atoms with van der Waals surface area (Å²) in [5.74, 6) is 1.06. The highest BCUT2D eigenvalue weighted by Gasteiger charge is 2.15. The Labute approximate surface area is 97.0 Å². The molecule has 0 saturated carbocycles. The smallest absolute Gasteiger partial charge is 0.124 e. The third-order valence-corrected chi connectivity index (χ3v) is 2.57. The van der Waals surface area contributed by atoms with Gasteiger partial charge in [0.05, 0.1) is 13.2 Å². The summed E-state index contributed by atoms with van der Waals surface area (Å²) in [5.41, 5.74) is 0.841. The number of ether oxygens (including phenoxy) is 2. The first-order valence-electron chi connectivity index (χ1n) is 5.49. The third kappa shape index (κ3) is 3.51. The molecule has 2 atom stereocenters. The number of para-hydroxylation sites is 1. The Morgan fingerprint density at radius 2 is 1.94 bits per heavy atom. The molecule has 1 rings (SSSR count). The quantitative estimate of drug-likeness (QED) is 0.806. The molecule has 2 unspecified atom stereocenters. The standard InChI is InChI=1S/C13H20O3/c1-10(9-15-2)8-12(14)11-6-4-5-7-13(11)16-3/h4-7,10,12,14H,8-9H2,1-3H3. The first kappa shape index (κ1) is 13.0. The Morgan fingerprint density at radius 1 is 1.25 bits per heavy atom. The molecule has 1 aromatic rings. The molecule has 0 aliphatic carbocycles. The van der Waals surface area contributed by atoms with Gasteiger partial charge in [0.15, 0.2) is 0 Å². The molecule has 0 aromatic heterocycles. The average molecular weight is 224 g/mol. The van der Waals surface area contributed by atoms with Crippen LogP contribution in [0.25, 0.3) is 0 Å². The lowest BCUT2D eigenvalue weighted by Gasteiger charge is -2.18. The summed E-state index contributed by atoms with van der Waals surface area (Å²) in [5, 5.41) is 10.1. The maximum absolute atomic E-state index is 10.1. The van der Waals surface area contributed by atoms with Crippen molar-refractivity contribution in [2.24, 2.45) is 5.92 Å². The van der Waals surface area contributed by atoms with Gasteiger partial charge in [0, 0.05) is 19.3 Å². The van der Waals surface area contributed by atoms with Gasteiger partial charge in [-0.05, 0) is 18.4 Å².